The average Bonchev–Trinajstić information content (AvgIpc) is 3.40. The SMILES string of the molecule is C=C1N=C(c2ccccc2-c2ccc(Cc3c(CCCC)ncn(-c4ncc(CCC)cn4)c3=O)cn2)NO1. The van der Waals surface area contributed by atoms with Crippen LogP contribution in [-0.4, -0.2) is 30.3 Å². The highest BCUT2D eigenvalue weighted by Gasteiger charge is 2.18. The smallest absolute Gasteiger partial charge is 0.264 e. The number of hydroxylamine groups is 1. The second kappa shape index (κ2) is 11.8. The van der Waals surface area contributed by atoms with Crippen molar-refractivity contribution in [2.45, 2.75) is 52.4 Å². The van der Waals surface area contributed by atoms with Crippen LogP contribution in [0.25, 0.3) is 17.2 Å². The van der Waals surface area contributed by atoms with Crippen molar-refractivity contribution in [2.75, 3.05) is 0 Å². The Morgan fingerprint density at radius 2 is 1.67 bits per heavy atom. The van der Waals surface area contributed by atoms with Crippen molar-refractivity contribution < 1.29 is 4.84 Å². The van der Waals surface area contributed by atoms with Gasteiger partial charge in [-0.05, 0) is 43.0 Å². The van der Waals surface area contributed by atoms with Crippen LogP contribution in [0.1, 0.15) is 61.1 Å². The summed E-state index contributed by atoms with van der Waals surface area (Å²) in [5.41, 5.74) is 8.61. The number of rotatable bonds is 10. The Balaban J connectivity index is 1.46. The maximum absolute atomic E-state index is 13.7. The van der Waals surface area contributed by atoms with Gasteiger partial charge in [-0.1, -0.05) is 57.0 Å². The molecule has 4 heterocycles. The standard InChI is InChI=1S/C30H31N7O2/c1-4-6-12-26-25(29(38)37(19-34-26)30-32-17-22(9-5-2)18-33-30)15-21-13-14-27(31-16-21)23-10-7-8-11-24(23)28-35-20(3)39-36-28/h7-8,10-11,13-14,16-19H,3-6,9,12,15H2,1-2H3,(H,35,36). The van der Waals surface area contributed by atoms with E-state index in [0.717, 1.165) is 65.7 Å². The first-order chi connectivity index (χ1) is 19.1. The van der Waals surface area contributed by atoms with E-state index in [9.17, 15) is 4.79 Å². The summed E-state index contributed by atoms with van der Waals surface area (Å²) in [6.45, 7) is 7.96. The van der Waals surface area contributed by atoms with E-state index in [1.165, 1.54) is 4.57 Å². The largest absolute Gasteiger partial charge is 0.361 e. The van der Waals surface area contributed by atoms with Crippen LogP contribution in [0.15, 0.2) is 83.6 Å². The Bertz CT molecular complexity index is 1560. The van der Waals surface area contributed by atoms with Gasteiger partial charge in [-0.2, -0.15) is 4.99 Å². The predicted molar refractivity (Wildman–Crippen MR) is 150 cm³/mol. The number of aryl methyl sites for hydroxylation is 2. The Hall–Kier alpha value is -4.66. The molecule has 0 amide bonds. The molecule has 5 rings (SSSR count). The minimum atomic E-state index is -0.153. The van der Waals surface area contributed by atoms with Gasteiger partial charge in [-0.3, -0.25) is 9.78 Å². The number of unbranched alkanes of at least 4 members (excludes halogenated alkanes) is 1. The van der Waals surface area contributed by atoms with E-state index >= 15 is 0 Å². The molecular formula is C30H31N7O2. The molecule has 0 fully saturated rings. The molecule has 39 heavy (non-hydrogen) atoms. The van der Waals surface area contributed by atoms with E-state index in [0.29, 0.717) is 29.7 Å². The van der Waals surface area contributed by atoms with Crippen molar-refractivity contribution in [3.05, 3.63) is 112 Å². The van der Waals surface area contributed by atoms with Crippen LogP contribution >= 0.6 is 0 Å². The van der Waals surface area contributed by atoms with E-state index < -0.39 is 0 Å². The van der Waals surface area contributed by atoms with Crippen molar-refractivity contribution in [3.63, 3.8) is 0 Å². The minimum Gasteiger partial charge on any atom is -0.361 e. The van der Waals surface area contributed by atoms with Gasteiger partial charge in [0.05, 0.1) is 11.4 Å². The highest BCUT2D eigenvalue weighted by Crippen LogP contribution is 2.24. The topological polar surface area (TPSA) is 107 Å². The van der Waals surface area contributed by atoms with Gasteiger partial charge in [0.1, 0.15) is 6.33 Å². The lowest BCUT2D eigenvalue weighted by Crippen LogP contribution is -2.27. The summed E-state index contributed by atoms with van der Waals surface area (Å²) in [5.74, 6) is 1.23. The molecule has 3 aromatic heterocycles. The van der Waals surface area contributed by atoms with Crippen LogP contribution in [0.3, 0.4) is 0 Å². The van der Waals surface area contributed by atoms with Gasteiger partial charge in [-0.25, -0.2) is 25.0 Å². The molecule has 198 valence electrons. The Morgan fingerprint density at radius 1 is 0.897 bits per heavy atom. The van der Waals surface area contributed by atoms with E-state index in [1.807, 2.05) is 42.6 Å². The van der Waals surface area contributed by atoms with Crippen molar-refractivity contribution in [3.8, 4) is 17.2 Å². The quantitative estimate of drug-likeness (QED) is 0.322. The first kappa shape index (κ1) is 26.0. The van der Waals surface area contributed by atoms with Gasteiger partial charge in [0.2, 0.25) is 11.8 Å². The molecular weight excluding hydrogens is 490 g/mol. The lowest BCUT2D eigenvalue weighted by Gasteiger charge is -2.12. The number of benzene rings is 1. The molecule has 4 aromatic rings. The predicted octanol–water partition coefficient (Wildman–Crippen LogP) is 4.72. The molecule has 0 bridgehead atoms. The van der Waals surface area contributed by atoms with Crippen molar-refractivity contribution in [1.29, 1.82) is 0 Å². The number of amidine groups is 1. The zero-order valence-corrected chi connectivity index (χ0v) is 22.2. The molecule has 0 unspecified atom stereocenters. The third-order valence-corrected chi connectivity index (χ3v) is 6.53. The van der Waals surface area contributed by atoms with Gasteiger partial charge in [0.25, 0.3) is 5.56 Å². The van der Waals surface area contributed by atoms with Gasteiger partial charge in [0, 0.05) is 41.7 Å². The highest BCUT2D eigenvalue weighted by atomic mass is 16.7. The number of nitrogens with zero attached hydrogens (tertiary/aromatic N) is 6. The van der Waals surface area contributed by atoms with Crippen LogP contribution in [0, 0.1) is 0 Å². The molecule has 1 N–H and O–H groups in total. The summed E-state index contributed by atoms with van der Waals surface area (Å²) in [4.78, 5) is 41.4. The van der Waals surface area contributed by atoms with Crippen molar-refractivity contribution >= 4 is 5.84 Å². The second-order valence-corrected chi connectivity index (χ2v) is 9.42. The number of hydrogen-bond acceptors (Lipinski definition) is 8. The van der Waals surface area contributed by atoms with Gasteiger partial charge in [0.15, 0.2) is 5.84 Å². The molecule has 9 heteroatoms. The third-order valence-electron chi connectivity index (χ3n) is 6.53. The summed E-state index contributed by atoms with van der Waals surface area (Å²) < 4.78 is 1.43. The molecule has 1 aliphatic heterocycles. The summed E-state index contributed by atoms with van der Waals surface area (Å²) in [6.07, 6.45) is 11.9. The van der Waals surface area contributed by atoms with E-state index in [-0.39, 0.29) is 5.56 Å². The Kier molecular flexibility index (Phi) is 7.86. The molecule has 0 radical (unpaired) electrons. The van der Waals surface area contributed by atoms with Crippen LogP contribution in [0.5, 0.6) is 0 Å². The molecule has 0 saturated heterocycles. The average molecular weight is 522 g/mol. The fraction of sp³-hybridized carbons (Fsp3) is 0.267. The fourth-order valence-electron chi connectivity index (χ4n) is 4.49. The Labute approximate surface area is 227 Å². The van der Waals surface area contributed by atoms with Gasteiger partial charge < -0.3 is 4.84 Å². The molecule has 1 aliphatic rings. The van der Waals surface area contributed by atoms with Crippen LogP contribution in [0.4, 0.5) is 0 Å². The molecule has 0 aliphatic carbocycles. The van der Waals surface area contributed by atoms with Crippen molar-refractivity contribution in [2.24, 2.45) is 4.99 Å². The zero-order chi connectivity index (χ0) is 27.2. The molecule has 9 nitrogen and oxygen atoms in total. The second-order valence-electron chi connectivity index (χ2n) is 9.42. The number of hydrogen-bond donors (Lipinski definition) is 1. The molecule has 0 atom stereocenters. The zero-order valence-electron chi connectivity index (χ0n) is 22.2. The Morgan fingerprint density at radius 3 is 2.33 bits per heavy atom. The van der Waals surface area contributed by atoms with Crippen LogP contribution in [0.2, 0.25) is 0 Å². The highest BCUT2D eigenvalue weighted by molar-refractivity contribution is 6.04. The maximum atomic E-state index is 13.7. The number of nitrogens with one attached hydrogen (secondary N) is 1. The minimum absolute atomic E-state index is 0.153. The van der Waals surface area contributed by atoms with Crippen LogP contribution in [-0.2, 0) is 24.1 Å². The third kappa shape index (κ3) is 5.77. The summed E-state index contributed by atoms with van der Waals surface area (Å²) >= 11 is 0. The fourth-order valence-corrected chi connectivity index (χ4v) is 4.49. The summed E-state index contributed by atoms with van der Waals surface area (Å²) in [6, 6.07) is 11.8. The molecule has 0 saturated carbocycles. The van der Waals surface area contributed by atoms with Gasteiger partial charge >= 0.3 is 0 Å². The number of aliphatic imine (C=N–C) groups is 1. The van der Waals surface area contributed by atoms with E-state index in [4.69, 9.17) is 9.82 Å². The molecule has 0 spiro atoms. The summed E-state index contributed by atoms with van der Waals surface area (Å²) in [5, 5.41) is 0. The van der Waals surface area contributed by atoms with E-state index in [1.54, 1.807) is 18.7 Å². The van der Waals surface area contributed by atoms with E-state index in [2.05, 4.69) is 45.9 Å². The first-order valence-electron chi connectivity index (χ1n) is 13.2. The van der Waals surface area contributed by atoms with Crippen LogP contribution < -0.4 is 11.0 Å². The summed E-state index contributed by atoms with van der Waals surface area (Å²) in [7, 11) is 0. The lowest BCUT2D eigenvalue weighted by atomic mass is 10.0. The lowest BCUT2D eigenvalue weighted by molar-refractivity contribution is 0.179. The monoisotopic (exact) mass is 521 g/mol. The van der Waals surface area contributed by atoms with Gasteiger partial charge in [-0.15, -0.1) is 0 Å². The number of aromatic nitrogens is 5. The maximum Gasteiger partial charge on any atom is 0.264 e. The van der Waals surface area contributed by atoms with Crippen molar-refractivity contribution in [1.82, 2.24) is 30.0 Å². The normalized spacial score (nSPS) is 12.7. The first-order valence-corrected chi connectivity index (χ1v) is 13.2. The molecule has 1 aromatic carbocycles. The number of pyridine rings is 1.